The van der Waals surface area contributed by atoms with Gasteiger partial charge in [0.25, 0.3) is 0 Å². The SMILES string of the molecule is CC(C)C(=O)N1CCC(NCc2ccc(C#N)s2)CC1. The lowest BCUT2D eigenvalue weighted by molar-refractivity contribution is -0.135. The Kier molecular flexibility index (Phi) is 5.16. The van der Waals surface area contributed by atoms with E-state index in [9.17, 15) is 4.79 Å². The molecule has 0 unspecified atom stereocenters. The largest absolute Gasteiger partial charge is 0.342 e. The maximum Gasteiger partial charge on any atom is 0.225 e. The van der Waals surface area contributed by atoms with E-state index in [1.54, 1.807) is 11.3 Å². The normalized spacial score (nSPS) is 16.4. The smallest absolute Gasteiger partial charge is 0.225 e. The second-order valence-corrected chi connectivity index (χ2v) is 6.68. The number of hydrogen-bond donors (Lipinski definition) is 1. The first-order chi connectivity index (χ1) is 9.60. The average molecular weight is 291 g/mol. The molecule has 0 aliphatic carbocycles. The molecular weight excluding hydrogens is 270 g/mol. The van der Waals surface area contributed by atoms with Crippen molar-refractivity contribution >= 4 is 17.2 Å². The number of nitrogens with one attached hydrogen (secondary N) is 1. The van der Waals surface area contributed by atoms with Crippen LogP contribution in [0.25, 0.3) is 0 Å². The Bertz CT molecular complexity index is 495. The van der Waals surface area contributed by atoms with Crippen molar-refractivity contribution in [3.8, 4) is 6.07 Å². The molecule has 1 aromatic rings. The van der Waals surface area contributed by atoms with Gasteiger partial charge in [-0.05, 0) is 25.0 Å². The van der Waals surface area contributed by atoms with E-state index in [2.05, 4.69) is 11.4 Å². The standard InChI is InChI=1S/C15H21N3OS/c1-11(2)15(19)18-7-5-12(6-8-18)17-10-14-4-3-13(9-16)20-14/h3-4,11-12,17H,5-8,10H2,1-2H3. The summed E-state index contributed by atoms with van der Waals surface area (Å²) in [5.41, 5.74) is 0. The van der Waals surface area contributed by atoms with Crippen LogP contribution in [0.4, 0.5) is 0 Å². The van der Waals surface area contributed by atoms with Crippen LogP contribution in [0.2, 0.25) is 0 Å². The lowest BCUT2D eigenvalue weighted by Crippen LogP contribution is -2.45. The second-order valence-electron chi connectivity index (χ2n) is 5.51. The number of amides is 1. The molecule has 20 heavy (non-hydrogen) atoms. The summed E-state index contributed by atoms with van der Waals surface area (Å²) in [4.78, 5) is 15.8. The Hall–Kier alpha value is -1.38. The van der Waals surface area contributed by atoms with Crippen molar-refractivity contribution in [2.75, 3.05) is 13.1 Å². The van der Waals surface area contributed by atoms with Crippen molar-refractivity contribution < 1.29 is 4.79 Å². The summed E-state index contributed by atoms with van der Waals surface area (Å²) >= 11 is 1.54. The van der Waals surface area contributed by atoms with Gasteiger partial charge < -0.3 is 10.2 Å². The van der Waals surface area contributed by atoms with Gasteiger partial charge >= 0.3 is 0 Å². The number of carbonyl (C=O) groups excluding carboxylic acids is 1. The highest BCUT2D eigenvalue weighted by Gasteiger charge is 2.23. The van der Waals surface area contributed by atoms with Crippen molar-refractivity contribution in [1.29, 1.82) is 5.26 Å². The number of nitrogens with zero attached hydrogens (tertiary/aromatic N) is 2. The molecule has 1 amide bonds. The highest BCUT2D eigenvalue weighted by atomic mass is 32.1. The van der Waals surface area contributed by atoms with Gasteiger partial charge in [0.05, 0.1) is 0 Å². The minimum absolute atomic E-state index is 0.0926. The summed E-state index contributed by atoms with van der Waals surface area (Å²) < 4.78 is 0. The van der Waals surface area contributed by atoms with Crippen molar-refractivity contribution in [2.45, 2.75) is 39.3 Å². The van der Waals surface area contributed by atoms with E-state index in [1.807, 2.05) is 30.9 Å². The molecule has 0 saturated carbocycles. The van der Waals surface area contributed by atoms with Gasteiger partial charge in [0.2, 0.25) is 5.91 Å². The molecular formula is C15H21N3OS. The van der Waals surface area contributed by atoms with E-state index in [0.717, 1.165) is 37.4 Å². The van der Waals surface area contributed by atoms with Gasteiger partial charge in [-0.3, -0.25) is 4.79 Å². The molecule has 0 radical (unpaired) electrons. The second kappa shape index (κ2) is 6.87. The molecule has 1 N–H and O–H groups in total. The Morgan fingerprint density at radius 2 is 2.20 bits per heavy atom. The van der Waals surface area contributed by atoms with Crippen LogP contribution >= 0.6 is 11.3 Å². The van der Waals surface area contributed by atoms with Crippen LogP contribution in [0.3, 0.4) is 0 Å². The average Bonchev–Trinajstić information content (AvgIpc) is 2.93. The van der Waals surface area contributed by atoms with Crippen LogP contribution in [-0.4, -0.2) is 29.9 Å². The van der Waals surface area contributed by atoms with Crippen molar-refractivity contribution in [1.82, 2.24) is 10.2 Å². The fourth-order valence-electron chi connectivity index (χ4n) is 2.45. The summed E-state index contributed by atoms with van der Waals surface area (Å²) in [6.07, 6.45) is 2.02. The van der Waals surface area contributed by atoms with E-state index >= 15 is 0 Å². The van der Waals surface area contributed by atoms with Gasteiger partial charge in [-0.25, -0.2) is 0 Å². The maximum atomic E-state index is 11.9. The summed E-state index contributed by atoms with van der Waals surface area (Å²) in [7, 11) is 0. The van der Waals surface area contributed by atoms with Crippen LogP contribution in [-0.2, 0) is 11.3 Å². The number of piperidine rings is 1. The molecule has 1 fully saturated rings. The molecule has 1 aromatic heterocycles. The summed E-state index contributed by atoms with van der Waals surface area (Å²) in [5, 5.41) is 12.3. The predicted octanol–water partition coefficient (Wildman–Crippen LogP) is 2.36. The summed E-state index contributed by atoms with van der Waals surface area (Å²) in [6.45, 7) is 6.42. The third-order valence-electron chi connectivity index (χ3n) is 3.64. The van der Waals surface area contributed by atoms with Crippen molar-refractivity contribution in [2.24, 2.45) is 5.92 Å². The molecule has 0 bridgehead atoms. The van der Waals surface area contributed by atoms with Crippen LogP contribution in [0.1, 0.15) is 36.4 Å². The highest BCUT2D eigenvalue weighted by molar-refractivity contribution is 7.12. The Morgan fingerprint density at radius 1 is 1.50 bits per heavy atom. The quantitative estimate of drug-likeness (QED) is 0.926. The Labute approximate surface area is 124 Å². The van der Waals surface area contributed by atoms with Gasteiger partial charge in [0, 0.05) is 36.5 Å². The van der Waals surface area contributed by atoms with E-state index in [4.69, 9.17) is 5.26 Å². The van der Waals surface area contributed by atoms with Gasteiger partial charge in [-0.1, -0.05) is 13.8 Å². The zero-order chi connectivity index (χ0) is 14.5. The van der Waals surface area contributed by atoms with Gasteiger partial charge in [-0.2, -0.15) is 5.26 Å². The molecule has 4 nitrogen and oxygen atoms in total. The number of thiophene rings is 1. The van der Waals surface area contributed by atoms with E-state index in [-0.39, 0.29) is 11.8 Å². The zero-order valence-electron chi connectivity index (χ0n) is 12.1. The Morgan fingerprint density at radius 3 is 2.75 bits per heavy atom. The lowest BCUT2D eigenvalue weighted by Gasteiger charge is -2.33. The van der Waals surface area contributed by atoms with Crippen molar-refractivity contribution in [3.63, 3.8) is 0 Å². The van der Waals surface area contributed by atoms with Crippen LogP contribution in [0, 0.1) is 17.2 Å². The van der Waals surface area contributed by atoms with Crippen LogP contribution < -0.4 is 5.32 Å². The van der Waals surface area contributed by atoms with Crippen molar-refractivity contribution in [3.05, 3.63) is 21.9 Å². The molecule has 1 saturated heterocycles. The minimum atomic E-state index is 0.0926. The molecule has 108 valence electrons. The minimum Gasteiger partial charge on any atom is -0.342 e. The van der Waals surface area contributed by atoms with Crippen LogP contribution in [0.15, 0.2) is 12.1 Å². The Balaban J connectivity index is 1.75. The number of likely N-dealkylation sites (tertiary alicyclic amines) is 1. The molecule has 1 aliphatic rings. The zero-order valence-corrected chi connectivity index (χ0v) is 12.9. The fourth-order valence-corrected chi connectivity index (χ4v) is 3.20. The summed E-state index contributed by atoms with van der Waals surface area (Å²) in [6, 6.07) is 6.51. The van der Waals surface area contributed by atoms with Gasteiger partial charge in [0.15, 0.2) is 0 Å². The van der Waals surface area contributed by atoms with E-state index in [0.29, 0.717) is 6.04 Å². The van der Waals surface area contributed by atoms with Crippen LogP contribution in [0.5, 0.6) is 0 Å². The van der Waals surface area contributed by atoms with E-state index < -0.39 is 0 Å². The third kappa shape index (κ3) is 3.81. The summed E-state index contributed by atoms with van der Waals surface area (Å²) in [5.74, 6) is 0.357. The molecule has 0 spiro atoms. The molecule has 0 aromatic carbocycles. The molecule has 0 atom stereocenters. The predicted molar refractivity (Wildman–Crippen MR) is 80.3 cm³/mol. The topological polar surface area (TPSA) is 56.1 Å². The first kappa shape index (κ1) is 15.0. The maximum absolute atomic E-state index is 11.9. The first-order valence-electron chi connectivity index (χ1n) is 7.11. The van der Waals surface area contributed by atoms with Gasteiger partial charge in [0.1, 0.15) is 10.9 Å². The molecule has 2 rings (SSSR count). The number of rotatable bonds is 4. The van der Waals surface area contributed by atoms with E-state index in [1.165, 1.54) is 4.88 Å². The number of hydrogen-bond acceptors (Lipinski definition) is 4. The fraction of sp³-hybridized carbons (Fsp3) is 0.600. The number of nitriles is 1. The molecule has 1 aliphatic heterocycles. The molecule has 5 heteroatoms. The third-order valence-corrected chi connectivity index (χ3v) is 4.63. The highest BCUT2D eigenvalue weighted by Crippen LogP contribution is 2.17. The first-order valence-corrected chi connectivity index (χ1v) is 7.92. The van der Waals surface area contributed by atoms with Gasteiger partial charge in [-0.15, -0.1) is 11.3 Å². The monoisotopic (exact) mass is 291 g/mol. The lowest BCUT2D eigenvalue weighted by atomic mass is 10.0. The molecule has 2 heterocycles. The number of carbonyl (C=O) groups is 1.